The average molecular weight is 306 g/mol. The van der Waals surface area contributed by atoms with Gasteiger partial charge in [0.15, 0.2) is 0 Å². The van der Waals surface area contributed by atoms with Crippen LogP contribution in [0.4, 0.5) is 22.0 Å². The minimum atomic E-state index is -0.641. The van der Waals surface area contributed by atoms with E-state index in [-0.39, 0.29) is 11.5 Å². The standard InChI is InChI=1S/C14H22N6O2/c1-14(2,3)22-13(21)20-10-5-9(8(6-15)7-18-4)19-12(17)11(10)16/h5-7H,15-16H2,1-4H3,(H3,17,19,20,21). The van der Waals surface area contributed by atoms with Crippen LogP contribution in [0, 0.1) is 0 Å². The maximum atomic E-state index is 11.9. The second-order valence-corrected chi connectivity index (χ2v) is 5.49. The zero-order valence-electron chi connectivity index (χ0n) is 13.2. The maximum absolute atomic E-state index is 11.9. The molecule has 0 fully saturated rings. The number of anilines is 3. The summed E-state index contributed by atoms with van der Waals surface area (Å²) in [5.74, 6) is 0.0763. The molecule has 0 atom stereocenters. The number of carbonyl (C=O) groups excluding carboxylic acids is 1. The highest BCUT2D eigenvalue weighted by atomic mass is 16.6. The summed E-state index contributed by atoms with van der Waals surface area (Å²) in [4.78, 5) is 19.9. The van der Waals surface area contributed by atoms with Crippen LogP contribution < -0.4 is 22.5 Å². The normalized spacial score (nSPS) is 12.5. The Morgan fingerprint density at radius 3 is 2.55 bits per heavy atom. The number of nitrogens with zero attached hydrogens (tertiary/aromatic N) is 2. The molecule has 0 spiro atoms. The molecule has 0 aliphatic rings. The molecule has 0 bridgehead atoms. The van der Waals surface area contributed by atoms with E-state index in [4.69, 9.17) is 21.9 Å². The van der Waals surface area contributed by atoms with E-state index in [9.17, 15) is 4.79 Å². The Morgan fingerprint density at radius 2 is 2.05 bits per heavy atom. The highest BCUT2D eigenvalue weighted by molar-refractivity contribution is 6.09. The molecule has 1 amide bonds. The third kappa shape index (κ3) is 4.65. The Hall–Kier alpha value is -2.77. The van der Waals surface area contributed by atoms with Crippen molar-refractivity contribution in [3.63, 3.8) is 0 Å². The molecule has 0 saturated carbocycles. The fourth-order valence-corrected chi connectivity index (χ4v) is 1.57. The van der Waals surface area contributed by atoms with Gasteiger partial charge in [-0.3, -0.25) is 10.3 Å². The molecule has 8 nitrogen and oxygen atoms in total. The molecule has 1 aromatic rings. The number of rotatable bonds is 3. The number of hydrogen-bond donors (Lipinski definition) is 4. The van der Waals surface area contributed by atoms with Crippen LogP contribution >= 0.6 is 0 Å². The minimum Gasteiger partial charge on any atom is -0.444 e. The van der Waals surface area contributed by atoms with E-state index in [2.05, 4.69) is 15.3 Å². The number of nitrogen functional groups attached to an aromatic ring is 2. The quantitative estimate of drug-likeness (QED) is 0.625. The zero-order valence-corrected chi connectivity index (χ0v) is 13.2. The lowest BCUT2D eigenvalue weighted by Gasteiger charge is -2.20. The van der Waals surface area contributed by atoms with Crippen LogP contribution in [0.15, 0.2) is 17.3 Å². The number of allylic oxidation sites excluding steroid dienone is 1. The Morgan fingerprint density at radius 1 is 1.41 bits per heavy atom. The lowest BCUT2D eigenvalue weighted by atomic mass is 10.1. The lowest BCUT2D eigenvalue weighted by molar-refractivity contribution is 0.0636. The fraction of sp³-hybridized carbons (Fsp3) is 0.357. The number of aliphatic imine (C=N–C) groups is 1. The molecule has 7 N–H and O–H groups in total. The number of pyridine rings is 1. The van der Waals surface area contributed by atoms with Crippen LogP contribution in [-0.4, -0.2) is 29.9 Å². The van der Waals surface area contributed by atoms with Crippen molar-refractivity contribution in [3.05, 3.63) is 18.0 Å². The summed E-state index contributed by atoms with van der Waals surface area (Å²) in [6.07, 6.45) is 2.22. The molecule has 0 saturated heterocycles. The van der Waals surface area contributed by atoms with Crippen LogP contribution in [0.1, 0.15) is 26.5 Å². The molecule has 0 aliphatic carbocycles. The number of hydrogen-bond acceptors (Lipinski definition) is 7. The van der Waals surface area contributed by atoms with E-state index < -0.39 is 11.7 Å². The van der Waals surface area contributed by atoms with Gasteiger partial charge in [-0.15, -0.1) is 0 Å². The predicted molar refractivity (Wildman–Crippen MR) is 89.5 cm³/mol. The highest BCUT2D eigenvalue weighted by Crippen LogP contribution is 2.27. The zero-order chi connectivity index (χ0) is 16.9. The minimum absolute atomic E-state index is 0.0763. The topological polar surface area (TPSA) is 142 Å². The van der Waals surface area contributed by atoms with Crippen molar-refractivity contribution in [2.45, 2.75) is 26.4 Å². The molecule has 8 heteroatoms. The number of nitrogens with two attached hydrogens (primary N) is 3. The first kappa shape index (κ1) is 17.3. The van der Waals surface area contributed by atoms with Crippen molar-refractivity contribution < 1.29 is 9.53 Å². The Labute approximate surface area is 129 Å². The van der Waals surface area contributed by atoms with E-state index in [1.54, 1.807) is 33.9 Å². The number of carbonyl (C=O) groups is 1. The van der Waals surface area contributed by atoms with E-state index in [1.165, 1.54) is 12.4 Å². The summed E-state index contributed by atoms with van der Waals surface area (Å²) in [6, 6.07) is 1.55. The molecule has 1 rings (SSSR count). The van der Waals surface area contributed by atoms with Gasteiger partial charge < -0.3 is 21.9 Å². The van der Waals surface area contributed by atoms with Gasteiger partial charge in [-0.2, -0.15) is 0 Å². The number of nitrogens with one attached hydrogen (secondary N) is 1. The van der Waals surface area contributed by atoms with Crippen molar-refractivity contribution in [2.24, 2.45) is 10.7 Å². The van der Waals surface area contributed by atoms with Gasteiger partial charge in [0.1, 0.15) is 11.4 Å². The number of aromatic nitrogens is 1. The van der Waals surface area contributed by atoms with Crippen molar-refractivity contribution in [1.29, 1.82) is 0 Å². The molecule has 120 valence electrons. The van der Waals surface area contributed by atoms with Gasteiger partial charge >= 0.3 is 6.09 Å². The van der Waals surface area contributed by atoms with Gasteiger partial charge in [-0.25, -0.2) is 9.78 Å². The molecule has 1 aromatic heterocycles. The smallest absolute Gasteiger partial charge is 0.412 e. The third-order valence-corrected chi connectivity index (χ3v) is 2.47. The molecular weight excluding hydrogens is 284 g/mol. The van der Waals surface area contributed by atoms with Gasteiger partial charge in [-0.05, 0) is 26.8 Å². The molecular formula is C14H22N6O2. The second-order valence-electron chi connectivity index (χ2n) is 5.49. The van der Waals surface area contributed by atoms with Crippen LogP contribution in [0.5, 0.6) is 0 Å². The molecule has 0 aliphatic heterocycles. The first-order chi connectivity index (χ1) is 10.2. The third-order valence-electron chi connectivity index (χ3n) is 2.47. The fourth-order valence-electron chi connectivity index (χ4n) is 1.57. The Kier molecular flexibility index (Phi) is 5.33. The van der Waals surface area contributed by atoms with E-state index >= 15 is 0 Å². The van der Waals surface area contributed by atoms with E-state index in [0.717, 1.165) is 0 Å². The monoisotopic (exact) mass is 306 g/mol. The predicted octanol–water partition coefficient (Wildman–Crippen LogP) is 1.59. The van der Waals surface area contributed by atoms with Crippen LogP contribution in [0.25, 0.3) is 5.57 Å². The average Bonchev–Trinajstić information content (AvgIpc) is 2.38. The lowest BCUT2D eigenvalue weighted by Crippen LogP contribution is -2.27. The molecule has 22 heavy (non-hydrogen) atoms. The Bertz CT molecular complexity index is 616. The molecule has 0 radical (unpaired) electrons. The molecule has 0 unspecified atom stereocenters. The van der Waals surface area contributed by atoms with Gasteiger partial charge in [0.05, 0.1) is 17.1 Å². The van der Waals surface area contributed by atoms with Crippen molar-refractivity contribution in [2.75, 3.05) is 23.8 Å². The summed E-state index contributed by atoms with van der Waals surface area (Å²) in [6.45, 7) is 5.28. The summed E-state index contributed by atoms with van der Waals surface area (Å²) in [7, 11) is 1.60. The summed E-state index contributed by atoms with van der Waals surface area (Å²) in [5, 5.41) is 2.55. The highest BCUT2D eigenvalue weighted by Gasteiger charge is 2.18. The largest absolute Gasteiger partial charge is 0.444 e. The van der Waals surface area contributed by atoms with E-state index in [1.807, 2.05) is 0 Å². The number of ether oxygens (including phenoxy) is 1. The van der Waals surface area contributed by atoms with Crippen LogP contribution in [-0.2, 0) is 4.74 Å². The van der Waals surface area contributed by atoms with Crippen LogP contribution in [0.2, 0.25) is 0 Å². The summed E-state index contributed by atoms with van der Waals surface area (Å²) in [5.41, 5.74) is 17.9. The van der Waals surface area contributed by atoms with Gasteiger partial charge in [0.2, 0.25) is 0 Å². The van der Waals surface area contributed by atoms with Gasteiger partial charge in [0.25, 0.3) is 0 Å². The SMILES string of the molecule is CN=CC(=CN)c1cc(NC(=O)OC(C)(C)C)c(N)c(N)n1. The number of amides is 1. The molecule has 0 aromatic carbocycles. The van der Waals surface area contributed by atoms with Gasteiger partial charge in [-0.1, -0.05) is 0 Å². The molecule has 1 heterocycles. The van der Waals surface area contributed by atoms with Crippen molar-refractivity contribution >= 4 is 35.1 Å². The van der Waals surface area contributed by atoms with Crippen LogP contribution in [0.3, 0.4) is 0 Å². The van der Waals surface area contributed by atoms with Crippen molar-refractivity contribution in [3.8, 4) is 0 Å². The maximum Gasteiger partial charge on any atom is 0.412 e. The summed E-state index contributed by atoms with van der Waals surface area (Å²) >= 11 is 0. The van der Waals surface area contributed by atoms with E-state index in [0.29, 0.717) is 17.0 Å². The Balaban J connectivity index is 3.15. The first-order valence-electron chi connectivity index (χ1n) is 6.58. The second kappa shape index (κ2) is 6.79. The van der Waals surface area contributed by atoms with Crippen molar-refractivity contribution in [1.82, 2.24) is 4.98 Å². The van der Waals surface area contributed by atoms with Gasteiger partial charge in [0, 0.05) is 25.0 Å². The summed E-state index contributed by atoms with van der Waals surface area (Å²) < 4.78 is 5.18. The first-order valence-corrected chi connectivity index (χ1v) is 6.58.